The number of ketones is 1. The van der Waals surface area contributed by atoms with Gasteiger partial charge in [-0.15, -0.1) is 0 Å². The molecule has 0 unspecified atom stereocenters. The molecule has 0 saturated carbocycles. The molecular formula is C17H14N2O. The molecule has 0 heterocycles. The second-order valence-corrected chi connectivity index (χ2v) is 4.54. The largest absolute Gasteiger partial charge is 0.388 e. The summed E-state index contributed by atoms with van der Waals surface area (Å²) in [6.07, 6.45) is 3.35. The van der Waals surface area contributed by atoms with Crippen LogP contribution >= 0.6 is 0 Å². The van der Waals surface area contributed by atoms with E-state index in [1.54, 1.807) is 12.2 Å². The first-order valence-electron chi connectivity index (χ1n) is 6.46. The Morgan fingerprint density at radius 1 is 0.900 bits per heavy atom. The Labute approximate surface area is 117 Å². The molecule has 0 bridgehead atoms. The van der Waals surface area contributed by atoms with Crippen molar-refractivity contribution in [2.45, 2.75) is 0 Å². The molecule has 0 spiro atoms. The third kappa shape index (κ3) is 2.26. The highest BCUT2D eigenvalue weighted by molar-refractivity contribution is 6.24. The average molecular weight is 262 g/mol. The average Bonchev–Trinajstić information content (AvgIpc) is 2.51. The molecule has 0 aliphatic heterocycles. The molecule has 2 aromatic carbocycles. The van der Waals surface area contributed by atoms with Gasteiger partial charge >= 0.3 is 0 Å². The van der Waals surface area contributed by atoms with Gasteiger partial charge in [0.25, 0.3) is 0 Å². The van der Waals surface area contributed by atoms with E-state index in [2.05, 4.69) is 10.3 Å². The zero-order chi connectivity index (χ0) is 13.9. The molecular weight excluding hydrogens is 248 g/mol. The van der Waals surface area contributed by atoms with Crippen LogP contribution in [0.1, 0.15) is 15.9 Å². The highest BCUT2D eigenvalue weighted by Gasteiger charge is 2.16. The van der Waals surface area contributed by atoms with E-state index in [4.69, 9.17) is 0 Å². The number of fused-ring (bicyclic) bond motifs is 1. The predicted molar refractivity (Wildman–Crippen MR) is 82.1 cm³/mol. The maximum atomic E-state index is 11.8. The second kappa shape index (κ2) is 5.13. The molecule has 98 valence electrons. The third-order valence-electron chi connectivity index (χ3n) is 3.27. The van der Waals surface area contributed by atoms with Gasteiger partial charge in [0.1, 0.15) is 0 Å². The molecule has 0 aromatic heterocycles. The number of carbonyl (C=O) groups excluding carboxylic acids is 1. The maximum absolute atomic E-state index is 11.8. The van der Waals surface area contributed by atoms with E-state index in [1.165, 1.54) is 0 Å². The molecule has 3 heteroatoms. The van der Waals surface area contributed by atoms with Gasteiger partial charge in [-0.25, -0.2) is 4.99 Å². The molecule has 1 N–H and O–H groups in total. The molecule has 1 aliphatic rings. The van der Waals surface area contributed by atoms with E-state index in [0.717, 1.165) is 22.6 Å². The fraction of sp³-hybridized carbons (Fsp3) is 0.0588. The Morgan fingerprint density at radius 3 is 2.30 bits per heavy atom. The quantitative estimate of drug-likeness (QED) is 0.898. The minimum atomic E-state index is 0.0325. The fourth-order valence-corrected chi connectivity index (χ4v) is 2.19. The van der Waals surface area contributed by atoms with Crippen molar-refractivity contribution < 1.29 is 4.79 Å². The SMILES string of the molecule is CNc1ccc(N=C2C=CC(=O)c3ccccc32)cc1. The van der Waals surface area contributed by atoms with E-state index in [1.807, 2.05) is 55.6 Å². The molecule has 0 fully saturated rings. The van der Waals surface area contributed by atoms with E-state index in [9.17, 15) is 4.79 Å². The monoisotopic (exact) mass is 262 g/mol. The molecule has 0 saturated heterocycles. The Hall–Kier alpha value is -2.68. The molecule has 3 nitrogen and oxygen atoms in total. The first kappa shape index (κ1) is 12.4. The highest BCUT2D eigenvalue weighted by atomic mass is 16.1. The lowest BCUT2D eigenvalue weighted by Crippen LogP contribution is -2.11. The number of allylic oxidation sites excluding steroid dienone is 2. The summed E-state index contributed by atoms with van der Waals surface area (Å²) in [5, 5.41) is 3.07. The van der Waals surface area contributed by atoms with Crippen LogP contribution in [-0.4, -0.2) is 18.5 Å². The van der Waals surface area contributed by atoms with Gasteiger partial charge in [0.15, 0.2) is 5.78 Å². The number of hydrogen-bond donors (Lipinski definition) is 1. The summed E-state index contributed by atoms with van der Waals surface area (Å²) in [6, 6.07) is 15.4. The Morgan fingerprint density at radius 2 is 1.60 bits per heavy atom. The number of carbonyl (C=O) groups is 1. The normalized spacial score (nSPS) is 15.2. The van der Waals surface area contributed by atoms with Gasteiger partial charge in [0.05, 0.1) is 11.4 Å². The van der Waals surface area contributed by atoms with Gasteiger partial charge in [-0.2, -0.15) is 0 Å². The van der Waals surface area contributed by atoms with Crippen molar-refractivity contribution in [1.82, 2.24) is 0 Å². The topological polar surface area (TPSA) is 41.5 Å². The van der Waals surface area contributed by atoms with E-state index >= 15 is 0 Å². The summed E-state index contributed by atoms with van der Waals surface area (Å²) in [6.45, 7) is 0. The molecule has 3 rings (SSSR count). The van der Waals surface area contributed by atoms with Crippen LogP contribution in [0.5, 0.6) is 0 Å². The van der Waals surface area contributed by atoms with Crippen molar-refractivity contribution in [2.75, 3.05) is 12.4 Å². The summed E-state index contributed by atoms with van der Waals surface area (Å²) < 4.78 is 0. The zero-order valence-electron chi connectivity index (χ0n) is 11.1. The smallest absolute Gasteiger partial charge is 0.186 e. The van der Waals surface area contributed by atoms with Crippen molar-refractivity contribution >= 4 is 22.9 Å². The van der Waals surface area contributed by atoms with Crippen LogP contribution in [0.15, 0.2) is 65.7 Å². The number of aliphatic imine (C=N–C) groups is 1. The molecule has 0 atom stereocenters. The lowest BCUT2D eigenvalue weighted by molar-refractivity contribution is 0.104. The Balaban J connectivity index is 2.03. The molecule has 0 amide bonds. The van der Waals surface area contributed by atoms with Crippen LogP contribution in [0.3, 0.4) is 0 Å². The Bertz CT molecular complexity index is 712. The first-order valence-corrected chi connectivity index (χ1v) is 6.46. The lowest BCUT2D eigenvalue weighted by atomic mass is 9.94. The van der Waals surface area contributed by atoms with Crippen molar-refractivity contribution in [2.24, 2.45) is 4.99 Å². The van der Waals surface area contributed by atoms with Crippen molar-refractivity contribution in [3.63, 3.8) is 0 Å². The second-order valence-electron chi connectivity index (χ2n) is 4.54. The predicted octanol–water partition coefficient (Wildman–Crippen LogP) is 3.60. The minimum absolute atomic E-state index is 0.0325. The van der Waals surface area contributed by atoms with Crippen LogP contribution < -0.4 is 5.32 Å². The summed E-state index contributed by atoms with van der Waals surface area (Å²) in [7, 11) is 1.88. The van der Waals surface area contributed by atoms with Gasteiger partial charge in [0.2, 0.25) is 0 Å². The number of benzene rings is 2. The van der Waals surface area contributed by atoms with Crippen molar-refractivity contribution in [1.29, 1.82) is 0 Å². The van der Waals surface area contributed by atoms with Crippen molar-refractivity contribution in [3.8, 4) is 0 Å². The summed E-state index contributed by atoms with van der Waals surface area (Å²) in [4.78, 5) is 16.4. The van der Waals surface area contributed by atoms with Gasteiger partial charge in [0, 0.05) is 23.9 Å². The maximum Gasteiger partial charge on any atom is 0.186 e. The van der Waals surface area contributed by atoms with E-state index in [-0.39, 0.29) is 5.78 Å². The third-order valence-corrected chi connectivity index (χ3v) is 3.27. The van der Waals surface area contributed by atoms with Gasteiger partial charge < -0.3 is 5.32 Å². The van der Waals surface area contributed by atoms with Crippen LogP contribution in [0, 0.1) is 0 Å². The van der Waals surface area contributed by atoms with Crippen molar-refractivity contribution in [3.05, 3.63) is 71.8 Å². The fourth-order valence-electron chi connectivity index (χ4n) is 2.19. The summed E-state index contributed by atoms with van der Waals surface area (Å²) >= 11 is 0. The minimum Gasteiger partial charge on any atom is -0.388 e. The van der Waals surface area contributed by atoms with Gasteiger partial charge in [-0.1, -0.05) is 24.3 Å². The molecule has 2 aromatic rings. The van der Waals surface area contributed by atoms with Crippen LogP contribution in [-0.2, 0) is 0 Å². The number of nitrogens with one attached hydrogen (secondary N) is 1. The summed E-state index contributed by atoms with van der Waals surface area (Å²) in [5.41, 5.74) is 4.33. The lowest BCUT2D eigenvalue weighted by Gasteiger charge is -2.11. The number of nitrogens with zero attached hydrogens (tertiary/aromatic N) is 1. The van der Waals surface area contributed by atoms with E-state index in [0.29, 0.717) is 5.56 Å². The standard InChI is InChI=1S/C17H14N2O/c1-18-12-6-8-13(9-7-12)19-16-10-11-17(20)15-5-3-2-4-14(15)16/h2-11,18H,1H3. The number of rotatable bonds is 2. The highest BCUT2D eigenvalue weighted by Crippen LogP contribution is 2.22. The summed E-state index contributed by atoms with van der Waals surface area (Å²) in [5.74, 6) is 0.0325. The van der Waals surface area contributed by atoms with Crippen LogP contribution in [0.2, 0.25) is 0 Å². The van der Waals surface area contributed by atoms with Gasteiger partial charge in [-0.05, 0) is 36.4 Å². The van der Waals surface area contributed by atoms with Gasteiger partial charge in [-0.3, -0.25) is 4.79 Å². The van der Waals surface area contributed by atoms with Crippen LogP contribution in [0.4, 0.5) is 11.4 Å². The molecule has 1 aliphatic carbocycles. The van der Waals surface area contributed by atoms with Crippen LogP contribution in [0.25, 0.3) is 0 Å². The van der Waals surface area contributed by atoms with E-state index < -0.39 is 0 Å². The Kier molecular flexibility index (Phi) is 3.17. The zero-order valence-corrected chi connectivity index (χ0v) is 11.1. The molecule has 0 radical (unpaired) electrons. The first-order chi connectivity index (χ1) is 9.78. The number of anilines is 1. The number of hydrogen-bond acceptors (Lipinski definition) is 3. The molecule has 20 heavy (non-hydrogen) atoms.